The van der Waals surface area contributed by atoms with Crippen molar-refractivity contribution in [2.75, 3.05) is 0 Å². The molecule has 1 N–H and O–H groups in total. The first-order valence-corrected chi connectivity index (χ1v) is 8.04. The van der Waals surface area contributed by atoms with Crippen molar-refractivity contribution in [2.45, 2.75) is 0 Å². The number of halogens is 1. The van der Waals surface area contributed by atoms with Crippen LogP contribution in [0.1, 0.15) is 5.76 Å². The second kappa shape index (κ2) is 5.77. The highest BCUT2D eigenvalue weighted by Gasteiger charge is 2.25. The van der Waals surface area contributed by atoms with Gasteiger partial charge in [0.1, 0.15) is 16.5 Å². The zero-order chi connectivity index (χ0) is 16.7. The molecule has 0 aliphatic carbocycles. The highest BCUT2D eigenvalue weighted by atomic mass is 35.5. The fourth-order valence-electron chi connectivity index (χ4n) is 2.34. The molecule has 1 saturated heterocycles. The summed E-state index contributed by atoms with van der Waals surface area (Å²) in [5.74, 6) is 0.0410. The van der Waals surface area contributed by atoms with E-state index in [-0.39, 0.29) is 0 Å². The minimum absolute atomic E-state index is 0.293. The number of imide groups is 1. The van der Waals surface area contributed by atoms with Crippen molar-refractivity contribution in [1.29, 1.82) is 0 Å². The van der Waals surface area contributed by atoms with Crippen LogP contribution in [-0.4, -0.2) is 21.1 Å². The summed E-state index contributed by atoms with van der Waals surface area (Å²) in [5, 5.41) is 3.00. The topological polar surface area (TPSA) is 85.1 Å². The van der Waals surface area contributed by atoms with Gasteiger partial charge in [-0.25, -0.2) is 4.98 Å². The lowest BCUT2D eigenvalue weighted by molar-refractivity contribution is -0.115. The Kier molecular flexibility index (Phi) is 3.59. The molecule has 6 nitrogen and oxygen atoms in total. The Labute approximate surface area is 144 Å². The summed E-state index contributed by atoms with van der Waals surface area (Å²) in [5.41, 5.74) is 2.20. The Hall–Kier alpha value is -2.64. The zero-order valence-electron chi connectivity index (χ0n) is 11.9. The number of nitrogens with one attached hydrogen (secondary N) is 1. The number of aromatic nitrogens is 2. The van der Waals surface area contributed by atoms with Gasteiger partial charge in [-0.05, 0) is 30.0 Å². The molecule has 0 atom stereocenters. The molecule has 0 bridgehead atoms. The fraction of sp³-hybridized carbons (Fsp3) is 0. The Balaban J connectivity index is 1.80. The van der Waals surface area contributed by atoms with Crippen molar-refractivity contribution in [3.8, 4) is 11.1 Å². The zero-order valence-corrected chi connectivity index (χ0v) is 13.5. The molecule has 24 heavy (non-hydrogen) atoms. The lowest BCUT2D eigenvalue weighted by Crippen LogP contribution is -2.17. The van der Waals surface area contributed by atoms with Gasteiger partial charge in [0.05, 0.1) is 4.91 Å². The molecule has 118 valence electrons. The normalized spacial score (nSPS) is 16.1. The second-order valence-corrected chi connectivity index (χ2v) is 6.38. The van der Waals surface area contributed by atoms with Crippen LogP contribution in [0.25, 0.3) is 28.2 Å². The summed E-state index contributed by atoms with van der Waals surface area (Å²) >= 11 is 6.66. The lowest BCUT2D eigenvalue weighted by Gasteiger charge is -2.01. The minimum Gasteiger partial charge on any atom is -0.456 e. The minimum atomic E-state index is -0.425. The number of hydrogen-bond donors (Lipinski definition) is 1. The van der Waals surface area contributed by atoms with Gasteiger partial charge in [0.2, 0.25) is 0 Å². The van der Waals surface area contributed by atoms with Gasteiger partial charge in [0.25, 0.3) is 11.1 Å². The van der Waals surface area contributed by atoms with Gasteiger partial charge in [0, 0.05) is 41.2 Å². The summed E-state index contributed by atoms with van der Waals surface area (Å²) in [7, 11) is 0. The van der Waals surface area contributed by atoms with Crippen molar-refractivity contribution in [3.63, 3.8) is 0 Å². The number of nitrogens with zero attached hydrogens (tertiary/aromatic N) is 2. The Morgan fingerprint density at radius 3 is 2.79 bits per heavy atom. The van der Waals surface area contributed by atoms with Crippen LogP contribution in [0, 0.1) is 0 Å². The van der Waals surface area contributed by atoms with Crippen LogP contribution < -0.4 is 5.32 Å². The first-order chi connectivity index (χ1) is 11.6. The third kappa shape index (κ3) is 2.68. The smallest absolute Gasteiger partial charge is 0.290 e. The Morgan fingerprint density at radius 1 is 1.21 bits per heavy atom. The lowest BCUT2D eigenvalue weighted by atomic mass is 10.1. The van der Waals surface area contributed by atoms with Gasteiger partial charge in [-0.3, -0.25) is 19.9 Å². The Morgan fingerprint density at radius 2 is 2.08 bits per heavy atom. The standard InChI is InChI=1S/C16H8ClN3O3S/c17-13-2-1-8(6-19-13)11-7-18-5-9-3-10(23-14(9)11)4-12-15(21)20-16(22)24-12/h1-7H,(H,20,21,22)/b12-4+. The summed E-state index contributed by atoms with van der Waals surface area (Å²) in [4.78, 5) is 31.4. The van der Waals surface area contributed by atoms with E-state index in [0.29, 0.717) is 21.4 Å². The van der Waals surface area contributed by atoms with E-state index in [2.05, 4.69) is 15.3 Å². The van der Waals surface area contributed by atoms with Crippen LogP contribution in [0.5, 0.6) is 0 Å². The summed E-state index contributed by atoms with van der Waals surface area (Å²) in [6.07, 6.45) is 6.52. The van der Waals surface area contributed by atoms with Crippen LogP contribution in [-0.2, 0) is 4.79 Å². The van der Waals surface area contributed by atoms with Crippen LogP contribution in [0.2, 0.25) is 5.15 Å². The molecule has 4 heterocycles. The van der Waals surface area contributed by atoms with E-state index in [9.17, 15) is 9.59 Å². The largest absolute Gasteiger partial charge is 0.456 e. The monoisotopic (exact) mass is 357 g/mol. The average Bonchev–Trinajstić information content (AvgIpc) is 3.10. The van der Waals surface area contributed by atoms with E-state index in [0.717, 1.165) is 28.3 Å². The molecule has 2 amide bonds. The average molecular weight is 358 g/mol. The molecular weight excluding hydrogens is 350 g/mol. The number of fused-ring (bicyclic) bond motifs is 1. The maximum atomic E-state index is 11.6. The van der Waals surface area contributed by atoms with E-state index < -0.39 is 11.1 Å². The van der Waals surface area contributed by atoms with Crippen molar-refractivity contribution in [1.82, 2.24) is 15.3 Å². The maximum absolute atomic E-state index is 11.6. The van der Waals surface area contributed by atoms with E-state index in [1.54, 1.807) is 30.7 Å². The van der Waals surface area contributed by atoms with Gasteiger partial charge in [0.15, 0.2) is 0 Å². The van der Waals surface area contributed by atoms with Gasteiger partial charge >= 0.3 is 0 Å². The van der Waals surface area contributed by atoms with Crippen molar-refractivity contribution < 1.29 is 14.0 Å². The van der Waals surface area contributed by atoms with Crippen LogP contribution >= 0.6 is 23.4 Å². The number of rotatable bonds is 2. The van der Waals surface area contributed by atoms with Crippen LogP contribution in [0.4, 0.5) is 4.79 Å². The molecule has 0 radical (unpaired) electrons. The molecule has 0 unspecified atom stereocenters. The molecule has 1 fully saturated rings. The number of furan rings is 1. The van der Waals surface area contributed by atoms with E-state index in [1.165, 1.54) is 6.08 Å². The molecule has 0 spiro atoms. The molecule has 0 saturated carbocycles. The first-order valence-electron chi connectivity index (χ1n) is 6.84. The molecule has 1 aliphatic rings. The molecule has 3 aromatic heterocycles. The maximum Gasteiger partial charge on any atom is 0.290 e. The van der Waals surface area contributed by atoms with E-state index >= 15 is 0 Å². The number of hydrogen-bond acceptors (Lipinski definition) is 6. The second-order valence-electron chi connectivity index (χ2n) is 4.98. The fourth-order valence-corrected chi connectivity index (χ4v) is 3.12. The Bertz CT molecular complexity index is 1010. The number of carbonyl (C=O) groups is 2. The molecule has 4 rings (SSSR count). The molecule has 1 aliphatic heterocycles. The van der Waals surface area contributed by atoms with Crippen molar-refractivity contribution >= 4 is 51.6 Å². The predicted molar refractivity (Wildman–Crippen MR) is 91.4 cm³/mol. The molecule has 3 aromatic rings. The van der Waals surface area contributed by atoms with Crippen molar-refractivity contribution in [2.24, 2.45) is 0 Å². The summed E-state index contributed by atoms with van der Waals surface area (Å²) in [6.45, 7) is 0. The van der Waals surface area contributed by atoms with Crippen molar-refractivity contribution in [3.05, 3.63) is 52.6 Å². The highest BCUT2D eigenvalue weighted by molar-refractivity contribution is 8.18. The third-order valence-electron chi connectivity index (χ3n) is 3.40. The first kappa shape index (κ1) is 14.9. The molecule has 0 aromatic carbocycles. The van der Waals surface area contributed by atoms with Gasteiger partial charge in [-0.15, -0.1) is 0 Å². The number of thioether (sulfide) groups is 1. The number of amides is 2. The SMILES string of the molecule is O=C1NC(=O)/C(=C\c2cc3cncc(-c4ccc(Cl)nc4)c3o2)S1. The quantitative estimate of drug-likeness (QED) is 0.553. The van der Waals surface area contributed by atoms with E-state index in [1.807, 2.05) is 6.07 Å². The predicted octanol–water partition coefficient (Wildman–Crippen LogP) is 3.87. The summed E-state index contributed by atoms with van der Waals surface area (Å²) < 4.78 is 5.85. The van der Waals surface area contributed by atoms with Gasteiger partial charge < -0.3 is 4.42 Å². The summed E-state index contributed by atoms with van der Waals surface area (Å²) in [6, 6.07) is 5.27. The third-order valence-corrected chi connectivity index (χ3v) is 4.43. The molecule has 8 heteroatoms. The molecular formula is C16H8ClN3O3S. The van der Waals surface area contributed by atoms with Gasteiger partial charge in [-0.2, -0.15) is 0 Å². The van der Waals surface area contributed by atoms with Crippen LogP contribution in [0.3, 0.4) is 0 Å². The number of pyridine rings is 2. The highest BCUT2D eigenvalue weighted by Crippen LogP contribution is 2.32. The van der Waals surface area contributed by atoms with E-state index in [4.69, 9.17) is 16.0 Å². The number of carbonyl (C=O) groups excluding carboxylic acids is 2. The van der Waals surface area contributed by atoms with Crippen LogP contribution in [0.15, 0.2) is 46.1 Å². The van der Waals surface area contributed by atoms with Gasteiger partial charge in [-0.1, -0.05) is 11.6 Å².